The molecule has 0 atom stereocenters. The van der Waals surface area contributed by atoms with Crippen LogP contribution in [0.4, 0.5) is 13.2 Å². The van der Waals surface area contributed by atoms with Crippen molar-refractivity contribution >= 4 is 11.7 Å². The Labute approximate surface area is 154 Å². The van der Waals surface area contributed by atoms with Gasteiger partial charge in [-0.1, -0.05) is 0 Å². The Balaban J connectivity index is 1.70. The smallest absolute Gasteiger partial charge is 0.353 e. The van der Waals surface area contributed by atoms with E-state index in [0.29, 0.717) is 23.4 Å². The molecule has 0 bridgehead atoms. The molecule has 2 aromatic rings. The maximum atomic E-state index is 12.8. The van der Waals surface area contributed by atoms with Crippen LogP contribution in [0.1, 0.15) is 54.9 Å². The van der Waals surface area contributed by atoms with Gasteiger partial charge in [0.25, 0.3) is 11.6 Å². The van der Waals surface area contributed by atoms with Crippen LogP contribution in [0.2, 0.25) is 0 Å². The number of fused-ring (bicyclic) bond motifs is 1. The molecule has 148 valence electrons. The van der Waals surface area contributed by atoms with Crippen LogP contribution in [-0.2, 0) is 17.4 Å². The molecule has 0 saturated heterocycles. The van der Waals surface area contributed by atoms with Gasteiger partial charge < -0.3 is 11.1 Å². The third-order valence-corrected chi connectivity index (χ3v) is 5.04. The van der Waals surface area contributed by atoms with E-state index in [1.807, 2.05) is 0 Å². The van der Waals surface area contributed by atoms with Crippen LogP contribution in [-0.4, -0.2) is 37.6 Å². The standard InChI is InChI=1S/C17H23F3N6O/c1-9-13(7-8-14(27)23-12-5-3-11(21)4-6-12)10(2)26-16(22-9)24-15(25-26)17(18,19)20/h11-12H,3-8,21H2,1-2H3,(H,23,27). The van der Waals surface area contributed by atoms with Crippen LogP contribution in [0.5, 0.6) is 0 Å². The van der Waals surface area contributed by atoms with Gasteiger partial charge in [0.05, 0.1) is 0 Å². The molecule has 27 heavy (non-hydrogen) atoms. The van der Waals surface area contributed by atoms with E-state index in [2.05, 4.69) is 20.4 Å². The monoisotopic (exact) mass is 384 g/mol. The van der Waals surface area contributed by atoms with Crippen molar-refractivity contribution < 1.29 is 18.0 Å². The number of nitrogens with two attached hydrogens (primary N) is 1. The number of alkyl halides is 3. The Morgan fingerprint density at radius 2 is 1.89 bits per heavy atom. The Morgan fingerprint density at radius 3 is 2.52 bits per heavy atom. The van der Waals surface area contributed by atoms with E-state index in [0.717, 1.165) is 30.2 Å². The van der Waals surface area contributed by atoms with Crippen LogP contribution >= 0.6 is 0 Å². The zero-order chi connectivity index (χ0) is 19.8. The van der Waals surface area contributed by atoms with Gasteiger partial charge in [0.1, 0.15) is 0 Å². The predicted molar refractivity (Wildman–Crippen MR) is 92.0 cm³/mol. The predicted octanol–water partition coefficient (Wildman–Crippen LogP) is 2.08. The summed E-state index contributed by atoms with van der Waals surface area (Å²) in [6.45, 7) is 3.36. The molecular weight excluding hydrogens is 361 g/mol. The van der Waals surface area contributed by atoms with Gasteiger partial charge in [-0.15, -0.1) is 5.10 Å². The van der Waals surface area contributed by atoms with E-state index in [9.17, 15) is 18.0 Å². The van der Waals surface area contributed by atoms with E-state index in [1.165, 1.54) is 0 Å². The minimum Gasteiger partial charge on any atom is -0.353 e. The first-order chi connectivity index (χ1) is 12.6. The summed E-state index contributed by atoms with van der Waals surface area (Å²) in [5, 5.41) is 6.53. The van der Waals surface area contributed by atoms with Crippen LogP contribution in [0.25, 0.3) is 5.78 Å². The Hall–Kier alpha value is -2.23. The maximum absolute atomic E-state index is 12.8. The summed E-state index contributed by atoms with van der Waals surface area (Å²) in [5.74, 6) is -1.39. The molecular formula is C17H23F3N6O. The van der Waals surface area contributed by atoms with E-state index in [1.54, 1.807) is 13.8 Å². The second-order valence-corrected chi connectivity index (χ2v) is 7.09. The van der Waals surface area contributed by atoms with Crippen molar-refractivity contribution in [2.75, 3.05) is 0 Å². The highest BCUT2D eigenvalue weighted by molar-refractivity contribution is 5.76. The fourth-order valence-corrected chi connectivity index (χ4v) is 3.49. The number of carbonyl (C=O) groups excluding carboxylic acids is 1. The first-order valence-electron chi connectivity index (χ1n) is 9.00. The highest BCUT2D eigenvalue weighted by Gasteiger charge is 2.37. The topological polar surface area (TPSA) is 98.2 Å². The van der Waals surface area contributed by atoms with Crippen LogP contribution in [0.15, 0.2) is 0 Å². The summed E-state index contributed by atoms with van der Waals surface area (Å²) in [4.78, 5) is 19.8. The molecule has 1 aliphatic carbocycles. The number of hydrogen-bond donors (Lipinski definition) is 2. The largest absolute Gasteiger partial charge is 0.453 e. The molecule has 2 aromatic heterocycles. The molecule has 3 N–H and O–H groups in total. The Morgan fingerprint density at radius 1 is 1.22 bits per heavy atom. The van der Waals surface area contributed by atoms with Crippen molar-refractivity contribution in [2.45, 2.75) is 70.6 Å². The van der Waals surface area contributed by atoms with Crippen molar-refractivity contribution in [3.05, 3.63) is 22.8 Å². The summed E-state index contributed by atoms with van der Waals surface area (Å²) in [5.41, 5.74) is 7.64. The SMILES string of the molecule is Cc1nc2nc(C(F)(F)F)nn2c(C)c1CCC(=O)NC1CCC(N)CC1. The molecule has 1 amide bonds. The maximum Gasteiger partial charge on any atom is 0.453 e. The first kappa shape index (κ1) is 19.5. The fourth-order valence-electron chi connectivity index (χ4n) is 3.49. The lowest BCUT2D eigenvalue weighted by atomic mass is 9.91. The van der Waals surface area contributed by atoms with Gasteiger partial charge >= 0.3 is 6.18 Å². The summed E-state index contributed by atoms with van der Waals surface area (Å²) in [6.07, 6.45) is -0.473. The molecule has 0 radical (unpaired) electrons. The van der Waals surface area contributed by atoms with E-state index < -0.39 is 12.0 Å². The summed E-state index contributed by atoms with van der Waals surface area (Å²) in [7, 11) is 0. The number of carbonyl (C=O) groups is 1. The van der Waals surface area contributed by atoms with Crippen molar-refractivity contribution in [2.24, 2.45) is 5.73 Å². The minimum absolute atomic E-state index is 0.0797. The van der Waals surface area contributed by atoms with Crippen molar-refractivity contribution in [1.29, 1.82) is 0 Å². The third kappa shape index (κ3) is 4.37. The molecule has 0 unspecified atom stereocenters. The van der Waals surface area contributed by atoms with Gasteiger partial charge in [-0.2, -0.15) is 18.2 Å². The molecule has 0 aromatic carbocycles. The summed E-state index contributed by atoms with van der Waals surface area (Å²) < 4.78 is 39.6. The van der Waals surface area contributed by atoms with Crippen molar-refractivity contribution in [3.63, 3.8) is 0 Å². The summed E-state index contributed by atoms with van der Waals surface area (Å²) in [6, 6.07) is 0.357. The molecule has 0 aliphatic heterocycles. The number of aromatic nitrogens is 4. The highest BCUT2D eigenvalue weighted by atomic mass is 19.4. The lowest BCUT2D eigenvalue weighted by molar-refractivity contribution is -0.144. The number of nitrogens with one attached hydrogen (secondary N) is 1. The third-order valence-electron chi connectivity index (χ3n) is 5.04. The van der Waals surface area contributed by atoms with Gasteiger partial charge in [-0.3, -0.25) is 4.79 Å². The normalized spacial score (nSPS) is 20.8. The average molecular weight is 384 g/mol. The van der Waals surface area contributed by atoms with Gasteiger partial charge in [-0.25, -0.2) is 9.50 Å². The van der Waals surface area contributed by atoms with Crippen LogP contribution in [0, 0.1) is 13.8 Å². The minimum atomic E-state index is -4.63. The second kappa shape index (κ2) is 7.41. The van der Waals surface area contributed by atoms with E-state index in [4.69, 9.17) is 5.73 Å². The molecule has 10 heteroatoms. The zero-order valence-corrected chi connectivity index (χ0v) is 15.3. The number of amides is 1. The first-order valence-corrected chi connectivity index (χ1v) is 9.00. The number of hydrogen-bond acceptors (Lipinski definition) is 5. The van der Waals surface area contributed by atoms with Gasteiger partial charge in [0.15, 0.2) is 0 Å². The zero-order valence-electron chi connectivity index (χ0n) is 15.3. The molecule has 1 saturated carbocycles. The van der Waals surface area contributed by atoms with Gasteiger partial charge in [0, 0.05) is 29.9 Å². The molecule has 1 aliphatic rings. The van der Waals surface area contributed by atoms with Crippen LogP contribution < -0.4 is 11.1 Å². The number of halogens is 3. The van der Waals surface area contributed by atoms with E-state index in [-0.39, 0.29) is 30.2 Å². The van der Waals surface area contributed by atoms with Crippen molar-refractivity contribution in [1.82, 2.24) is 24.9 Å². The molecule has 0 spiro atoms. The lowest BCUT2D eigenvalue weighted by Crippen LogP contribution is -2.40. The summed E-state index contributed by atoms with van der Waals surface area (Å²) >= 11 is 0. The average Bonchev–Trinajstić information content (AvgIpc) is 3.01. The molecule has 3 rings (SSSR count). The quantitative estimate of drug-likeness (QED) is 0.841. The second-order valence-electron chi connectivity index (χ2n) is 7.09. The van der Waals surface area contributed by atoms with Gasteiger partial charge in [0.2, 0.25) is 5.91 Å². The van der Waals surface area contributed by atoms with Gasteiger partial charge in [-0.05, 0) is 51.5 Å². The number of nitrogens with zero attached hydrogens (tertiary/aromatic N) is 4. The Bertz CT molecular complexity index is 839. The number of rotatable bonds is 4. The Kier molecular flexibility index (Phi) is 5.36. The highest BCUT2D eigenvalue weighted by Crippen LogP contribution is 2.27. The molecule has 2 heterocycles. The van der Waals surface area contributed by atoms with E-state index >= 15 is 0 Å². The number of aryl methyl sites for hydroxylation is 2. The molecule has 7 nitrogen and oxygen atoms in total. The van der Waals surface area contributed by atoms with Crippen LogP contribution in [0.3, 0.4) is 0 Å². The fraction of sp³-hybridized carbons (Fsp3) is 0.647. The lowest BCUT2D eigenvalue weighted by Gasteiger charge is -2.26. The van der Waals surface area contributed by atoms with Crippen molar-refractivity contribution in [3.8, 4) is 0 Å². The molecule has 1 fully saturated rings.